The monoisotopic (exact) mass is 390 g/mol. The van der Waals surface area contributed by atoms with E-state index < -0.39 is 0 Å². The highest BCUT2D eigenvalue weighted by Crippen LogP contribution is 2.31. The molecule has 0 atom stereocenters. The van der Waals surface area contributed by atoms with E-state index in [2.05, 4.69) is 12.2 Å². The van der Waals surface area contributed by atoms with E-state index in [1.54, 1.807) is 18.2 Å². The van der Waals surface area contributed by atoms with Crippen molar-refractivity contribution in [2.24, 2.45) is 0 Å². The Kier molecular flexibility index (Phi) is 5.84. The Morgan fingerprint density at radius 1 is 1.12 bits per heavy atom. The number of hydrogen-bond donors (Lipinski definition) is 1. The molecule has 1 aliphatic rings. The van der Waals surface area contributed by atoms with Crippen molar-refractivity contribution >= 4 is 46.4 Å². The smallest absolute Gasteiger partial charge is 0.255 e. The fraction of sp³-hybridized carbons (Fsp3) is 0.300. The van der Waals surface area contributed by atoms with E-state index in [1.807, 2.05) is 23.1 Å². The lowest BCUT2D eigenvalue weighted by atomic mass is 10.00. The van der Waals surface area contributed by atoms with Crippen LogP contribution < -0.4 is 10.2 Å². The molecule has 0 radical (unpaired) electrons. The average Bonchev–Trinajstić information content (AvgIpc) is 2.63. The van der Waals surface area contributed by atoms with Crippen LogP contribution in [0.4, 0.5) is 11.4 Å². The topological polar surface area (TPSA) is 49.4 Å². The van der Waals surface area contributed by atoms with E-state index in [4.69, 9.17) is 23.2 Å². The highest BCUT2D eigenvalue weighted by atomic mass is 35.5. The maximum atomic E-state index is 12.4. The summed E-state index contributed by atoms with van der Waals surface area (Å²) in [6.07, 6.45) is 3.20. The fourth-order valence-electron chi connectivity index (χ4n) is 3.04. The van der Waals surface area contributed by atoms with Gasteiger partial charge in [0.15, 0.2) is 0 Å². The van der Waals surface area contributed by atoms with Crippen LogP contribution in [0.5, 0.6) is 0 Å². The van der Waals surface area contributed by atoms with Crippen molar-refractivity contribution < 1.29 is 9.59 Å². The van der Waals surface area contributed by atoms with Gasteiger partial charge in [0.05, 0.1) is 10.0 Å². The molecular formula is C20H20Cl2N2O2. The quantitative estimate of drug-likeness (QED) is 0.750. The summed E-state index contributed by atoms with van der Waals surface area (Å²) in [4.78, 5) is 26.5. The third-order valence-electron chi connectivity index (χ3n) is 4.45. The Hall–Kier alpha value is -2.04. The van der Waals surface area contributed by atoms with Gasteiger partial charge in [0, 0.05) is 29.9 Å². The van der Waals surface area contributed by atoms with Crippen molar-refractivity contribution in [2.75, 3.05) is 16.8 Å². The predicted molar refractivity (Wildman–Crippen MR) is 106 cm³/mol. The van der Waals surface area contributed by atoms with Crippen molar-refractivity contribution in [3.05, 3.63) is 57.6 Å². The minimum Gasteiger partial charge on any atom is -0.322 e. The molecule has 0 aliphatic carbocycles. The largest absolute Gasteiger partial charge is 0.322 e. The molecule has 3 rings (SSSR count). The Morgan fingerprint density at radius 3 is 2.65 bits per heavy atom. The van der Waals surface area contributed by atoms with Gasteiger partial charge in [0.1, 0.15) is 0 Å². The van der Waals surface area contributed by atoms with E-state index in [0.717, 1.165) is 30.6 Å². The van der Waals surface area contributed by atoms with Gasteiger partial charge in [-0.05, 0) is 54.8 Å². The Balaban J connectivity index is 1.79. The maximum absolute atomic E-state index is 12.4. The Labute approximate surface area is 163 Å². The Bertz CT molecular complexity index is 852. The second-order valence-corrected chi connectivity index (χ2v) is 7.14. The normalized spacial score (nSPS) is 13.5. The summed E-state index contributed by atoms with van der Waals surface area (Å²) in [5.41, 5.74) is 3.16. The standard InChI is InChI=1S/C20H20Cl2N2O2/c1-2-3-10-24-18-8-6-15(11-13(18)5-9-19(24)25)23-20(26)14-4-7-16(21)17(22)12-14/h4,6-8,11-12H,2-3,5,9-10H2,1H3,(H,23,26). The summed E-state index contributed by atoms with van der Waals surface area (Å²) >= 11 is 11.9. The van der Waals surface area contributed by atoms with Crippen LogP contribution in [0.1, 0.15) is 42.1 Å². The zero-order valence-electron chi connectivity index (χ0n) is 14.5. The first kappa shape index (κ1) is 18.7. The van der Waals surface area contributed by atoms with Gasteiger partial charge in [-0.15, -0.1) is 0 Å². The van der Waals surface area contributed by atoms with Crippen LogP contribution in [0.15, 0.2) is 36.4 Å². The van der Waals surface area contributed by atoms with Gasteiger partial charge in [0.25, 0.3) is 5.91 Å². The van der Waals surface area contributed by atoms with E-state index in [9.17, 15) is 9.59 Å². The number of carbonyl (C=O) groups is 2. The lowest BCUT2D eigenvalue weighted by Gasteiger charge is -2.29. The lowest BCUT2D eigenvalue weighted by molar-refractivity contribution is -0.118. The summed E-state index contributed by atoms with van der Waals surface area (Å²) < 4.78 is 0. The zero-order valence-corrected chi connectivity index (χ0v) is 16.0. The number of hydrogen-bond acceptors (Lipinski definition) is 2. The van der Waals surface area contributed by atoms with E-state index in [-0.39, 0.29) is 11.8 Å². The fourth-order valence-corrected chi connectivity index (χ4v) is 3.34. The molecular weight excluding hydrogens is 371 g/mol. The number of rotatable bonds is 5. The van der Waals surface area contributed by atoms with Crippen LogP contribution in [0.2, 0.25) is 10.0 Å². The number of amides is 2. The first-order valence-electron chi connectivity index (χ1n) is 8.69. The van der Waals surface area contributed by atoms with Gasteiger partial charge >= 0.3 is 0 Å². The molecule has 26 heavy (non-hydrogen) atoms. The average molecular weight is 391 g/mol. The number of unbranched alkanes of at least 4 members (excludes halogenated alkanes) is 1. The molecule has 0 fully saturated rings. The van der Waals surface area contributed by atoms with Crippen LogP contribution in [0.3, 0.4) is 0 Å². The molecule has 4 nitrogen and oxygen atoms in total. The SMILES string of the molecule is CCCCN1C(=O)CCc2cc(NC(=O)c3ccc(Cl)c(Cl)c3)ccc21. The third kappa shape index (κ3) is 4.02. The van der Waals surface area contributed by atoms with Crippen molar-refractivity contribution in [1.29, 1.82) is 0 Å². The molecule has 0 saturated heterocycles. The molecule has 0 spiro atoms. The van der Waals surface area contributed by atoms with E-state index in [1.165, 1.54) is 0 Å². The minimum absolute atomic E-state index is 0.165. The summed E-state index contributed by atoms with van der Waals surface area (Å²) in [5, 5.41) is 3.63. The molecule has 0 saturated carbocycles. The van der Waals surface area contributed by atoms with Gasteiger partial charge in [-0.25, -0.2) is 0 Å². The number of nitrogens with zero attached hydrogens (tertiary/aromatic N) is 1. The maximum Gasteiger partial charge on any atom is 0.255 e. The minimum atomic E-state index is -0.252. The first-order chi connectivity index (χ1) is 12.5. The van der Waals surface area contributed by atoms with Gasteiger partial charge < -0.3 is 10.2 Å². The number of anilines is 2. The van der Waals surface area contributed by atoms with E-state index >= 15 is 0 Å². The molecule has 2 aromatic carbocycles. The second kappa shape index (κ2) is 8.11. The number of aryl methyl sites for hydroxylation is 1. The number of fused-ring (bicyclic) bond motifs is 1. The second-order valence-electron chi connectivity index (χ2n) is 6.33. The highest BCUT2D eigenvalue weighted by Gasteiger charge is 2.24. The number of benzene rings is 2. The lowest BCUT2D eigenvalue weighted by Crippen LogP contribution is -2.35. The van der Waals surface area contributed by atoms with Crippen molar-refractivity contribution in [2.45, 2.75) is 32.6 Å². The van der Waals surface area contributed by atoms with Crippen molar-refractivity contribution in [1.82, 2.24) is 0 Å². The van der Waals surface area contributed by atoms with Gasteiger partial charge in [-0.1, -0.05) is 36.5 Å². The molecule has 1 heterocycles. The number of nitrogens with one attached hydrogen (secondary N) is 1. The summed E-state index contributed by atoms with van der Waals surface area (Å²) in [7, 11) is 0. The van der Waals surface area contributed by atoms with Crippen LogP contribution in [0, 0.1) is 0 Å². The molecule has 2 aromatic rings. The van der Waals surface area contributed by atoms with Gasteiger partial charge in [-0.3, -0.25) is 9.59 Å². The number of carbonyl (C=O) groups excluding carboxylic acids is 2. The Morgan fingerprint density at radius 2 is 1.92 bits per heavy atom. The van der Waals surface area contributed by atoms with Gasteiger partial charge in [-0.2, -0.15) is 0 Å². The molecule has 0 bridgehead atoms. The first-order valence-corrected chi connectivity index (χ1v) is 9.45. The molecule has 0 unspecified atom stereocenters. The molecule has 1 aliphatic heterocycles. The summed E-state index contributed by atoms with van der Waals surface area (Å²) in [5.74, 6) is -0.0863. The van der Waals surface area contributed by atoms with Crippen molar-refractivity contribution in [3.8, 4) is 0 Å². The third-order valence-corrected chi connectivity index (χ3v) is 5.19. The van der Waals surface area contributed by atoms with Crippen LogP contribution in [-0.2, 0) is 11.2 Å². The molecule has 2 amide bonds. The van der Waals surface area contributed by atoms with Crippen LogP contribution >= 0.6 is 23.2 Å². The molecule has 0 aromatic heterocycles. The van der Waals surface area contributed by atoms with Crippen LogP contribution in [-0.4, -0.2) is 18.4 Å². The van der Waals surface area contributed by atoms with Crippen LogP contribution in [0.25, 0.3) is 0 Å². The van der Waals surface area contributed by atoms with Crippen molar-refractivity contribution in [3.63, 3.8) is 0 Å². The molecule has 1 N–H and O–H groups in total. The molecule has 136 valence electrons. The zero-order chi connectivity index (χ0) is 18.7. The van der Waals surface area contributed by atoms with E-state index in [0.29, 0.717) is 34.1 Å². The highest BCUT2D eigenvalue weighted by molar-refractivity contribution is 6.42. The molecule has 6 heteroatoms. The summed E-state index contributed by atoms with van der Waals surface area (Å²) in [6, 6.07) is 10.5. The van der Waals surface area contributed by atoms with Gasteiger partial charge in [0.2, 0.25) is 5.91 Å². The summed E-state index contributed by atoms with van der Waals surface area (Å²) in [6.45, 7) is 2.84. The number of halogens is 2. The predicted octanol–water partition coefficient (Wildman–Crippen LogP) is 5.33.